The highest BCUT2D eigenvalue weighted by Gasteiger charge is 2.31. The quantitative estimate of drug-likeness (QED) is 0.578. The lowest BCUT2D eigenvalue weighted by Crippen LogP contribution is -2.38. The van der Waals surface area contributed by atoms with Gasteiger partial charge in [-0.2, -0.15) is 0 Å². The number of aromatic nitrogens is 5. The Kier molecular flexibility index (Phi) is 6.47. The molecule has 0 bridgehead atoms. The van der Waals surface area contributed by atoms with Crippen LogP contribution in [0.25, 0.3) is 10.9 Å². The number of aromatic amines is 1. The number of piperidine rings is 1. The monoisotopic (exact) mass is 428 g/mol. The Morgan fingerprint density at radius 1 is 1.06 bits per heavy atom. The lowest BCUT2D eigenvalue weighted by Gasteiger charge is -2.33. The van der Waals surface area contributed by atoms with Gasteiger partial charge in [-0.15, -0.1) is 5.10 Å². The second-order valence-corrected chi connectivity index (χ2v) is 7.60. The number of likely N-dealkylation sites (tertiary alicyclic amines) is 1. The number of H-pyrrole nitrogens is 1. The van der Waals surface area contributed by atoms with Gasteiger partial charge in [0.1, 0.15) is 6.04 Å². The second-order valence-electron chi connectivity index (χ2n) is 7.60. The third-order valence-electron chi connectivity index (χ3n) is 5.74. The van der Waals surface area contributed by atoms with Crippen molar-refractivity contribution in [2.24, 2.45) is 0 Å². The molecule has 1 aliphatic rings. The van der Waals surface area contributed by atoms with E-state index in [0.717, 1.165) is 31.3 Å². The van der Waals surface area contributed by atoms with Gasteiger partial charge in [0, 0.05) is 24.1 Å². The molecule has 1 saturated heterocycles. The largest absolute Gasteiger partial charge is 0.493 e. The highest BCUT2D eigenvalue weighted by Crippen LogP contribution is 2.33. The van der Waals surface area contributed by atoms with Crippen molar-refractivity contribution in [1.29, 1.82) is 0 Å². The van der Waals surface area contributed by atoms with Gasteiger partial charge in [0.2, 0.25) is 0 Å². The maximum absolute atomic E-state index is 13.2. The Morgan fingerprint density at radius 3 is 2.52 bits per heavy atom. The number of hydrogen-bond donors (Lipinski definition) is 1. The number of benzene rings is 1. The molecular weight excluding hydrogens is 400 g/mol. The number of tetrazole rings is 1. The van der Waals surface area contributed by atoms with Gasteiger partial charge in [0.05, 0.1) is 32.9 Å². The van der Waals surface area contributed by atoms with E-state index in [1.807, 2.05) is 12.1 Å². The van der Waals surface area contributed by atoms with Crippen LogP contribution in [-0.4, -0.2) is 71.1 Å². The van der Waals surface area contributed by atoms with Crippen LogP contribution in [0.4, 0.5) is 0 Å². The van der Waals surface area contributed by atoms with E-state index in [-0.39, 0.29) is 11.6 Å². The summed E-state index contributed by atoms with van der Waals surface area (Å²) in [5.74, 6) is 1.81. The number of hydrogen-bond acceptors (Lipinski definition) is 8. The number of ether oxygens (including phenoxy) is 3. The zero-order valence-electron chi connectivity index (χ0n) is 18.1. The van der Waals surface area contributed by atoms with E-state index in [1.165, 1.54) is 6.42 Å². The van der Waals surface area contributed by atoms with Crippen LogP contribution in [-0.2, 0) is 11.3 Å². The summed E-state index contributed by atoms with van der Waals surface area (Å²) in [5.41, 5.74) is 1.12. The average Bonchev–Trinajstić information content (AvgIpc) is 3.26. The lowest BCUT2D eigenvalue weighted by molar-refractivity contribution is 0.163. The van der Waals surface area contributed by atoms with Gasteiger partial charge >= 0.3 is 0 Å². The molecule has 1 fully saturated rings. The molecule has 3 heterocycles. The third-order valence-corrected chi connectivity index (χ3v) is 5.74. The Morgan fingerprint density at radius 2 is 1.81 bits per heavy atom. The minimum Gasteiger partial charge on any atom is -0.493 e. The van der Waals surface area contributed by atoms with Crippen LogP contribution in [0.15, 0.2) is 23.0 Å². The van der Waals surface area contributed by atoms with E-state index in [9.17, 15) is 4.79 Å². The maximum atomic E-state index is 13.2. The first-order valence-corrected chi connectivity index (χ1v) is 10.4. The van der Waals surface area contributed by atoms with Crippen molar-refractivity contribution >= 4 is 10.9 Å². The SMILES string of the molecule is COCCn1nnnc1C(c1cc2cc(OC)c(OC)cc2[nH]c1=O)N1CCCCC1. The normalized spacial score (nSPS) is 15.8. The van der Waals surface area contributed by atoms with Crippen LogP contribution in [0.1, 0.15) is 36.7 Å². The molecule has 2 aromatic heterocycles. The Bertz CT molecular complexity index is 1090. The molecule has 3 aromatic rings. The zero-order chi connectivity index (χ0) is 21.8. The molecule has 1 unspecified atom stereocenters. The summed E-state index contributed by atoms with van der Waals surface area (Å²) >= 11 is 0. The fourth-order valence-corrected chi connectivity index (χ4v) is 4.17. The fourth-order valence-electron chi connectivity index (χ4n) is 4.17. The number of rotatable bonds is 8. The van der Waals surface area contributed by atoms with Gasteiger partial charge in [-0.05, 0) is 48.5 Å². The molecule has 10 heteroatoms. The highest BCUT2D eigenvalue weighted by atomic mass is 16.5. The molecule has 0 aliphatic carbocycles. The Labute approximate surface area is 180 Å². The van der Waals surface area contributed by atoms with Crippen molar-refractivity contribution in [2.75, 3.05) is 41.0 Å². The molecule has 0 saturated carbocycles. The summed E-state index contributed by atoms with van der Waals surface area (Å²) in [6.45, 7) is 2.76. The van der Waals surface area contributed by atoms with E-state index >= 15 is 0 Å². The smallest absolute Gasteiger partial charge is 0.253 e. The standard InChI is InChI=1S/C21H28N6O4/c1-29-10-9-27-20(23-24-25-27)19(26-7-5-4-6-8-26)15-11-14-12-17(30-2)18(31-3)13-16(14)22-21(15)28/h11-13,19H,4-10H2,1-3H3,(H,22,28). The van der Waals surface area contributed by atoms with Gasteiger partial charge in [-0.25, -0.2) is 4.68 Å². The van der Waals surface area contributed by atoms with Crippen LogP contribution < -0.4 is 15.0 Å². The molecule has 1 aliphatic heterocycles. The van der Waals surface area contributed by atoms with Crippen molar-refractivity contribution in [1.82, 2.24) is 30.1 Å². The zero-order valence-corrected chi connectivity index (χ0v) is 18.1. The van der Waals surface area contributed by atoms with Crippen molar-refractivity contribution in [3.8, 4) is 11.5 Å². The number of pyridine rings is 1. The molecule has 166 valence electrons. The van der Waals surface area contributed by atoms with Crippen molar-refractivity contribution in [2.45, 2.75) is 31.8 Å². The van der Waals surface area contributed by atoms with E-state index < -0.39 is 0 Å². The van der Waals surface area contributed by atoms with Gasteiger partial charge in [-0.1, -0.05) is 6.42 Å². The minimum atomic E-state index is -0.353. The van der Waals surface area contributed by atoms with Crippen molar-refractivity contribution in [3.63, 3.8) is 0 Å². The lowest BCUT2D eigenvalue weighted by atomic mass is 10.0. The molecule has 1 atom stereocenters. The topological polar surface area (TPSA) is 107 Å². The van der Waals surface area contributed by atoms with Gasteiger partial charge in [0.25, 0.3) is 5.56 Å². The molecule has 0 amide bonds. The molecule has 31 heavy (non-hydrogen) atoms. The predicted molar refractivity (Wildman–Crippen MR) is 115 cm³/mol. The Hall–Kier alpha value is -2.98. The molecule has 1 aromatic carbocycles. The second kappa shape index (κ2) is 9.44. The van der Waals surface area contributed by atoms with E-state index in [4.69, 9.17) is 14.2 Å². The average molecular weight is 428 g/mol. The van der Waals surface area contributed by atoms with Crippen molar-refractivity contribution < 1.29 is 14.2 Å². The highest BCUT2D eigenvalue weighted by molar-refractivity contribution is 5.83. The third kappa shape index (κ3) is 4.26. The van der Waals surface area contributed by atoms with Gasteiger partial charge in [0.15, 0.2) is 17.3 Å². The van der Waals surface area contributed by atoms with Crippen LogP contribution in [0.3, 0.4) is 0 Å². The summed E-state index contributed by atoms with van der Waals surface area (Å²) in [7, 11) is 4.81. The van der Waals surface area contributed by atoms with Crippen LogP contribution >= 0.6 is 0 Å². The summed E-state index contributed by atoms with van der Waals surface area (Å²) in [4.78, 5) is 18.5. The molecular formula is C21H28N6O4. The van der Waals surface area contributed by atoms with E-state index in [2.05, 4.69) is 25.4 Å². The molecule has 1 N–H and O–H groups in total. The predicted octanol–water partition coefficient (Wildman–Crippen LogP) is 1.75. The number of nitrogens with zero attached hydrogens (tertiary/aromatic N) is 5. The summed E-state index contributed by atoms with van der Waals surface area (Å²) < 4.78 is 17.8. The first-order chi connectivity index (χ1) is 15.2. The minimum absolute atomic E-state index is 0.170. The summed E-state index contributed by atoms with van der Waals surface area (Å²) in [6.07, 6.45) is 3.34. The molecule has 0 radical (unpaired) electrons. The van der Waals surface area contributed by atoms with E-state index in [0.29, 0.717) is 41.6 Å². The molecule has 4 rings (SSSR count). The van der Waals surface area contributed by atoms with Crippen molar-refractivity contribution in [3.05, 3.63) is 39.9 Å². The Balaban J connectivity index is 1.85. The number of methoxy groups -OCH3 is 3. The number of nitrogens with one attached hydrogen (secondary N) is 1. The first-order valence-electron chi connectivity index (χ1n) is 10.4. The molecule has 10 nitrogen and oxygen atoms in total. The maximum Gasteiger partial charge on any atom is 0.253 e. The molecule has 0 spiro atoms. The fraction of sp³-hybridized carbons (Fsp3) is 0.524. The first kappa shape index (κ1) is 21.3. The summed E-state index contributed by atoms with van der Waals surface area (Å²) in [6, 6.07) is 5.20. The van der Waals surface area contributed by atoms with Crippen LogP contribution in [0.5, 0.6) is 11.5 Å². The van der Waals surface area contributed by atoms with E-state index in [1.54, 1.807) is 32.1 Å². The van der Waals surface area contributed by atoms with Crippen LogP contribution in [0.2, 0.25) is 0 Å². The van der Waals surface area contributed by atoms with Gasteiger partial charge < -0.3 is 19.2 Å². The van der Waals surface area contributed by atoms with Gasteiger partial charge in [-0.3, -0.25) is 9.69 Å². The van der Waals surface area contributed by atoms with Crippen LogP contribution in [0, 0.1) is 0 Å². The summed E-state index contributed by atoms with van der Waals surface area (Å²) in [5, 5.41) is 13.2. The number of fused-ring (bicyclic) bond motifs is 1.